The Hall–Kier alpha value is -2.72. The van der Waals surface area contributed by atoms with Crippen LogP contribution < -0.4 is 5.73 Å². The molecular formula is C22H42N10O8. The van der Waals surface area contributed by atoms with Gasteiger partial charge in [0.25, 0.3) is 0 Å². The maximum absolute atomic E-state index is 12.9. The summed E-state index contributed by atoms with van der Waals surface area (Å²) >= 11 is 0. The lowest BCUT2D eigenvalue weighted by molar-refractivity contribution is -0.129. The number of carbonyl (C=O) groups excluding carboxylic acids is 1. The Bertz CT molecular complexity index is 710. The number of ketones is 1. The van der Waals surface area contributed by atoms with Crippen LogP contribution in [0.3, 0.4) is 0 Å². The number of nitrogens with two attached hydrogens (primary N) is 1. The molecular weight excluding hydrogens is 532 g/mol. The van der Waals surface area contributed by atoms with Gasteiger partial charge in [-0.3, -0.25) is 4.79 Å². The molecule has 228 valence electrons. The van der Waals surface area contributed by atoms with E-state index in [4.69, 9.17) is 55.5 Å². The van der Waals surface area contributed by atoms with Gasteiger partial charge in [-0.25, -0.2) is 0 Å². The first kappa shape index (κ1) is 37.3. The quantitative estimate of drug-likeness (QED) is 0.0550. The van der Waals surface area contributed by atoms with E-state index in [0.717, 1.165) is 0 Å². The molecule has 0 aromatic carbocycles. The molecule has 0 atom stereocenters. The summed E-state index contributed by atoms with van der Waals surface area (Å²) in [7, 11) is 0. The molecule has 0 aliphatic carbocycles. The molecule has 2 N–H and O–H groups in total. The van der Waals surface area contributed by atoms with Crippen molar-refractivity contribution in [2.24, 2.45) is 26.5 Å². The highest BCUT2D eigenvalue weighted by Gasteiger charge is 2.34. The first-order valence-electron chi connectivity index (χ1n) is 12.9. The smallest absolute Gasteiger partial charge is 0.136 e. The lowest BCUT2D eigenvalue weighted by Gasteiger charge is -2.32. The molecule has 0 aliphatic heterocycles. The number of nitrogens with zero attached hydrogens (tertiary/aromatic N) is 9. The van der Waals surface area contributed by atoms with E-state index in [1.807, 2.05) is 0 Å². The number of ether oxygens (including phenoxy) is 7. The minimum absolute atomic E-state index is 0.0593. The van der Waals surface area contributed by atoms with E-state index in [2.05, 4.69) is 30.1 Å². The van der Waals surface area contributed by atoms with Gasteiger partial charge in [-0.2, -0.15) is 0 Å². The summed E-state index contributed by atoms with van der Waals surface area (Å²) in [6, 6.07) is 0. The second-order valence-corrected chi connectivity index (χ2v) is 8.22. The first-order chi connectivity index (χ1) is 19.6. The summed E-state index contributed by atoms with van der Waals surface area (Å²) in [5.41, 5.74) is 29.8. The van der Waals surface area contributed by atoms with Gasteiger partial charge in [0, 0.05) is 59.2 Å². The number of carbonyl (C=O) groups is 1. The van der Waals surface area contributed by atoms with E-state index in [0.29, 0.717) is 52.8 Å². The highest BCUT2D eigenvalue weighted by atomic mass is 16.6. The Balaban J connectivity index is 4.63. The Labute approximate surface area is 233 Å². The average Bonchev–Trinajstić information content (AvgIpc) is 2.95. The number of rotatable bonds is 31. The molecule has 0 unspecified atom stereocenters. The summed E-state index contributed by atoms with van der Waals surface area (Å²) < 4.78 is 38.5. The third kappa shape index (κ3) is 24.3. The van der Waals surface area contributed by atoms with Crippen molar-refractivity contribution >= 4 is 5.78 Å². The fraction of sp³-hybridized carbons (Fsp3) is 0.955. The molecule has 18 nitrogen and oxygen atoms in total. The fourth-order valence-electron chi connectivity index (χ4n) is 3.13. The molecule has 0 aromatic rings. The topological polar surface area (TPSA) is 254 Å². The lowest BCUT2D eigenvalue weighted by atomic mass is 9.84. The van der Waals surface area contributed by atoms with Crippen molar-refractivity contribution in [3.05, 3.63) is 31.3 Å². The van der Waals surface area contributed by atoms with Crippen LogP contribution in [0.4, 0.5) is 0 Å². The zero-order valence-electron chi connectivity index (χ0n) is 23.0. The second-order valence-electron chi connectivity index (χ2n) is 8.22. The van der Waals surface area contributed by atoms with E-state index >= 15 is 0 Å². The lowest BCUT2D eigenvalue weighted by Crippen LogP contribution is -2.40. The third-order valence-corrected chi connectivity index (χ3v) is 4.90. The SMILES string of the molecule is [N-]=[N+]=NCCOCC(COCCN=[N+]=[N-])(COCCN=[N+]=[N-])CC(=O)CCOCCOCCOCCOCCN. The van der Waals surface area contributed by atoms with Gasteiger partial charge in [0.05, 0.1) is 92.5 Å². The van der Waals surface area contributed by atoms with Crippen LogP contribution in [-0.4, -0.2) is 124 Å². The third-order valence-electron chi connectivity index (χ3n) is 4.90. The number of Topliss-reactive ketones (excluding diaryl/α,β-unsaturated/α-hetero) is 1. The standard InChI is InChI=1S/C22H42N10O8/c23-2-7-35-12-14-37-16-15-36-13-11-34-6-1-21(33)17-22(18-38-8-3-27-30-24,19-39-9-4-28-31-25)20-40-10-5-29-32-26/h1-20,23H2. The molecule has 0 radical (unpaired) electrons. The zero-order chi connectivity index (χ0) is 29.4. The average molecular weight is 575 g/mol. The van der Waals surface area contributed by atoms with E-state index in [1.54, 1.807) is 0 Å². The van der Waals surface area contributed by atoms with Crippen LogP contribution in [0.25, 0.3) is 31.3 Å². The van der Waals surface area contributed by atoms with Gasteiger partial charge in [0.2, 0.25) is 0 Å². The van der Waals surface area contributed by atoms with Gasteiger partial charge in [0.15, 0.2) is 0 Å². The summed E-state index contributed by atoms with van der Waals surface area (Å²) in [6.45, 7) is 4.76. The van der Waals surface area contributed by atoms with Gasteiger partial charge >= 0.3 is 0 Å². The molecule has 0 aliphatic rings. The minimum Gasteiger partial charge on any atom is -0.381 e. The molecule has 0 amide bonds. The van der Waals surface area contributed by atoms with Crippen molar-refractivity contribution in [2.45, 2.75) is 12.8 Å². The predicted molar refractivity (Wildman–Crippen MR) is 144 cm³/mol. The Morgan fingerprint density at radius 2 is 0.950 bits per heavy atom. The predicted octanol–water partition coefficient (Wildman–Crippen LogP) is 2.33. The fourth-order valence-corrected chi connectivity index (χ4v) is 3.13. The van der Waals surface area contributed by atoms with Crippen LogP contribution in [0, 0.1) is 5.41 Å². The van der Waals surface area contributed by atoms with Crippen molar-refractivity contribution in [1.29, 1.82) is 0 Å². The molecule has 0 rings (SSSR count). The van der Waals surface area contributed by atoms with Crippen molar-refractivity contribution < 1.29 is 38.0 Å². The van der Waals surface area contributed by atoms with Crippen molar-refractivity contribution in [1.82, 2.24) is 0 Å². The molecule has 0 saturated heterocycles. The molecule has 18 heteroatoms. The normalized spacial score (nSPS) is 12.1. The van der Waals surface area contributed by atoms with Gasteiger partial charge < -0.3 is 38.9 Å². The molecule has 0 aromatic heterocycles. The van der Waals surface area contributed by atoms with Crippen LogP contribution in [0.15, 0.2) is 15.3 Å². The van der Waals surface area contributed by atoms with Crippen LogP contribution in [0.5, 0.6) is 0 Å². The van der Waals surface area contributed by atoms with Gasteiger partial charge in [-0.05, 0) is 16.6 Å². The maximum Gasteiger partial charge on any atom is 0.136 e. The van der Waals surface area contributed by atoms with Crippen LogP contribution >= 0.6 is 0 Å². The zero-order valence-corrected chi connectivity index (χ0v) is 23.0. The van der Waals surface area contributed by atoms with Gasteiger partial charge in [0.1, 0.15) is 5.78 Å². The van der Waals surface area contributed by atoms with Crippen molar-refractivity contribution in [2.75, 3.05) is 119 Å². The summed E-state index contributed by atoms with van der Waals surface area (Å²) in [5.74, 6) is -0.0953. The van der Waals surface area contributed by atoms with Gasteiger partial charge in [-0.15, -0.1) is 0 Å². The van der Waals surface area contributed by atoms with E-state index in [9.17, 15) is 4.79 Å². The van der Waals surface area contributed by atoms with E-state index in [-0.39, 0.29) is 84.5 Å². The number of hydrogen-bond acceptors (Lipinski definition) is 12. The molecule has 0 heterocycles. The molecule has 0 spiro atoms. The summed E-state index contributed by atoms with van der Waals surface area (Å²) in [6.07, 6.45) is 0.216. The maximum atomic E-state index is 12.9. The monoisotopic (exact) mass is 574 g/mol. The van der Waals surface area contributed by atoms with Gasteiger partial charge in [-0.1, -0.05) is 15.3 Å². The van der Waals surface area contributed by atoms with Crippen molar-refractivity contribution in [3.8, 4) is 0 Å². The van der Waals surface area contributed by atoms with Crippen LogP contribution in [-0.2, 0) is 38.0 Å². The minimum atomic E-state index is -0.876. The highest BCUT2D eigenvalue weighted by Crippen LogP contribution is 2.26. The molecule has 0 saturated carbocycles. The van der Waals surface area contributed by atoms with E-state index in [1.165, 1.54) is 0 Å². The first-order valence-corrected chi connectivity index (χ1v) is 12.9. The second kappa shape index (κ2) is 29.3. The Kier molecular flexibility index (Phi) is 27.3. The number of hydrogen-bond donors (Lipinski definition) is 1. The van der Waals surface area contributed by atoms with E-state index < -0.39 is 5.41 Å². The van der Waals surface area contributed by atoms with Crippen LogP contribution in [0.1, 0.15) is 12.8 Å². The molecule has 0 bridgehead atoms. The highest BCUT2D eigenvalue weighted by molar-refractivity contribution is 5.79. The molecule has 0 fully saturated rings. The summed E-state index contributed by atoms with van der Waals surface area (Å²) in [4.78, 5) is 20.9. The number of azide groups is 3. The Morgan fingerprint density at radius 3 is 1.32 bits per heavy atom. The van der Waals surface area contributed by atoms with Crippen LogP contribution in [0.2, 0.25) is 0 Å². The molecule has 40 heavy (non-hydrogen) atoms. The largest absolute Gasteiger partial charge is 0.381 e. The van der Waals surface area contributed by atoms with Crippen molar-refractivity contribution in [3.63, 3.8) is 0 Å². The summed E-state index contributed by atoms with van der Waals surface area (Å²) in [5, 5.41) is 10.3. The Morgan fingerprint density at radius 1 is 0.575 bits per heavy atom.